The molecule has 0 fully saturated rings. The molecule has 5 N–H and O–H groups in total. The van der Waals surface area contributed by atoms with Crippen molar-refractivity contribution in [3.8, 4) is 0 Å². The Morgan fingerprint density at radius 2 is 1.88 bits per heavy atom. The minimum Gasteiger partial charge on any atom is -0.481 e. The maximum Gasteiger partial charge on any atom is 0.310 e. The van der Waals surface area contributed by atoms with E-state index in [9.17, 15) is 28.4 Å². The third-order valence-electron chi connectivity index (χ3n) is 6.21. The van der Waals surface area contributed by atoms with Crippen LogP contribution in [0.1, 0.15) is 51.7 Å². The van der Waals surface area contributed by atoms with Gasteiger partial charge in [0.1, 0.15) is 23.0 Å². The predicted octanol–water partition coefficient (Wildman–Crippen LogP) is 3.37. The molecular weight excluding hydrogens is 536 g/mol. The van der Waals surface area contributed by atoms with E-state index in [1.165, 1.54) is 36.9 Å². The Morgan fingerprint density at radius 3 is 2.49 bits per heavy atom. The first-order chi connectivity index (χ1) is 19.6. The van der Waals surface area contributed by atoms with Crippen LogP contribution >= 0.6 is 0 Å². The molecule has 12 heteroatoms. The first-order valence-electron chi connectivity index (χ1n) is 13.3. The molecule has 0 aliphatic carbocycles. The van der Waals surface area contributed by atoms with Gasteiger partial charge < -0.3 is 20.8 Å². The SMILES string of the molecule is C/C=C1/N=C(C(=O)NCc2ccc(F)c(CC)c2)C=C(C(=O)NC(/C=C/CC)C(O)C/C=C/C(C)C(=O)O)N1NF. The summed E-state index contributed by atoms with van der Waals surface area (Å²) in [4.78, 5) is 41.4. The number of benzene rings is 1. The molecule has 1 aliphatic heterocycles. The van der Waals surface area contributed by atoms with Crippen LogP contribution in [0.4, 0.5) is 8.87 Å². The summed E-state index contributed by atoms with van der Waals surface area (Å²) in [7, 11) is 0. The second-order valence-corrected chi connectivity index (χ2v) is 9.25. The quantitative estimate of drug-likeness (QED) is 0.170. The topological polar surface area (TPSA) is 143 Å². The van der Waals surface area contributed by atoms with Gasteiger partial charge in [-0.1, -0.05) is 55.9 Å². The average molecular weight is 574 g/mol. The fraction of sp³-hybridized carbons (Fsp3) is 0.379. The van der Waals surface area contributed by atoms with Crippen molar-refractivity contribution in [2.45, 2.75) is 65.6 Å². The summed E-state index contributed by atoms with van der Waals surface area (Å²) in [5.41, 5.74) is 2.10. The number of amides is 2. The molecule has 0 saturated heterocycles. The summed E-state index contributed by atoms with van der Waals surface area (Å²) in [5, 5.41) is 25.8. The molecule has 0 bridgehead atoms. The van der Waals surface area contributed by atoms with Crippen molar-refractivity contribution in [1.82, 2.24) is 21.3 Å². The van der Waals surface area contributed by atoms with Gasteiger partial charge in [0.2, 0.25) is 0 Å². The van der Waals surface area contributed by atoms with Gasteiger partial charge in [-0.2, -0.15) is 0 Å². The number of aliphatic carboxylic acids is 1. The molecule has 1 aromatic carbocycles. The molecule has 2 amide bonds. The highest BCUT2D eigenvalue weighted by atomic mass is 19.2. The van der Waals surface area contributed by atoms with Crippen LogP contribution < -0.4 is 16.3 Å². The van der Waals surface area contributed by atoms with Crippen molar-refractivity contribution in [3.05, 3.63) is 83.1 Å². The number of aliphatic hydroxyl groups excluding tert-OH is 1. The number of rotatable bonds is 14. The number of hydrogen-bond donors (Lipinski definition) is 5. The number of halogens is 2. The van der Waals surface area contributed by atoms with E-state index in [2.05, 4.69) is 15.6 Å². The third kappa shape index (κ3) is 9.47. The molecule has 3 unspecified atom stereocenters. The van der Waals surface area contributed by atoms with Gasteiger partial charge in [0, 0.05) is 12.6 Å². The molecule has 1 heterocycles. The number of carbonyl (C=O) groups excluding carboxylic acids is 2. The summed E-state index contributed by atoms with van der Waals surface area (Å²) in [6, 6.07) is 3.60. The van der Waals surface area contributed by atoms with Gasteiger partial charge in [-0.15, -0.1) is 4.48 Å². The van der Waals surface area contributed by atoms with E-state index < -0.39 is 35.8 Å². The zero-order valence-electron chi connectivity index (χ0n) is 23.5. The van der Waals surface area contributed by atoms with E-state index in [1.807, 2.05) is 13.8 Å². The number of hydrazine groups is 1. The van der Waals surface area contributed by atoms with E-state index in [0.29, 0.717) is 24.0 Å². The molecule has 1 aliphatic rings. The molecule has 1 aromatic rings. The number of allylic oxidation sites excluding steroid dienone is 2. The second-order valence-electron chi connectivity index (χ2n) is 9.25. The van der Waals surface area contributed by atoms with Gasteiger partial charge in [0.15, 0.2) is 0 Å². The average Bonchev–Trinajstić information content (AvgIpc) is 2.97. The largest absolute Gasteiger partial charge is 0.481 e. The number of carboxylic acid groups (broad SMARTS) is 1. The van der Waals surface area contributed by atoms with E-state index in [-0.39, 0.29) is 36.0 Å². The van der Waals surface area contributed by atoms with E-state index in [1.54, 1.807) is 31.2 Å². The lowest BCUT2D eigenvalue weighted by Gasteiger charge is -2.28. The van der Waals surface area contributed by atoms with Crippen molar-refractivity contribution >= 4 is 23.5 Å². The van der Waals surface area contributed by atoms with Crippen LogP contribution in [0, 0.1) is 11.7 Å². The zero-order valence-corrected chi connectivity index (χ0v) is 23.5. The second kappa shape index (κ2) is 16.2. The first kappa shape index (κ1) is 33.0. The third-order valence-corrected chi connectivity index (χ3v) is 6.21. The van der Waals surface area contributed by atoms with Crippen molar-refractivity contribution in [1.29, 1.82) is 0 Å². The predicted molar refractivity (Wildman–Crippen MR) is 151 cm³/mol. The number of aliphatic hydroxyl groups is 1. The lowest BCUT2D eigenvalue weighted by molar-refractivity contribution is -0.139. The zero-order chi connectivity index (χ0) is 30.5. The van der Waals surface area contributed by atoms with Gasteiger partial charge in [0.05, 0.1) is 18.1 Å². The van der Waals surface area contributed by atoms with Gasteiger partial charge in [0.25, 0.3) is 11.8 Å². The van der Waals surface area contributed by atoms with E-state index >= 15 is 0 Å². The van der Waals surface area contributed by atoms with Crippen molar-refractivity contribution < 1.29 is 33.5 Å². The number of hydrogen-bond acceptors (Lipinski definition) is 7. The Bertz CT molecular complexity index is 1260. The normalized spacial score (nSPS) is 16.9. The molecule has 2 rings (SSSR count). The fourth-order valence-electron chi connectivity index (χ4n) is 3.80. The van der Waals surface area contributed by atoms with Gasteiger partial charge in [-0.3, -0.25) is 14.4 Å². The molecule has 0 aromatic heterocycles. The highest BCUT2D eigenvalue weighted by Gasteiger charge is 2.30. The van der Waals surface area contributed by atoms with Gasteiger partial charge in [-0.25, -0.2) is 14.4 Å². The molecule has 222 valence electrons. The number of carboxylic acids is 1. The van der Waals surface area contributed by atoms with Crippen LogP contribution in [0.5, 0.6) is 0 Å². The van der Waals surface area contributed by atoms with Crippen molar-refractivity contribution in [3.63, 3.8) is 0 Å². The lowest BCUT2D eigenvalue weighted by Crippen LogP contribution is -2.48. The van der Waals surface area contributed by atoms with Crippen LogP contribution in [-0.2, 0) is 27.3 Å². The summed E-state index contributed by atoms with van der Waals surface area (Å²) >= 11 is 0. The van der Waals surface area contributed by atoms with Crippen molar-refractivity contribution in [2.75, 3.05) is 0 Å². The summed E-state index contributed by atoms with van der Waals surface area (Å²) in [6.45, 7) is 6.79. The molecule has 0 saturated carbocycles. The van der Waals surface area contributed by atoms with Gasteiger partial charge in [-0.05, 0) is 56.4 Å². The number of aliphatic imine (C=N–C) groups is 1. The molecule has 10 nitrogen and oxygen atoms in total. The maximum absolute atomic E-state index is 13.8. The van der Waals surface area contributed by atoms with Crippen LogP contribution in [-0.4, -0.2) is 50.9 Å². The highest BCUT2D eigenvalue weighted by Crippen LogP contribution is 2.19. The number of nitrogens with one attached hydrogen (secondary N) is 3. The molecule has 41 heavy (non-hydrogen) atoms. The van der Waals surface area contributed by atoms with Crippen LogP contribution in [0.25, 0.3) is 0 Å². The van der Waals surface area contributed by atoms with Crippen LogP contribution in [0.2, 0.25) is 0 Å². The lowest BCUT2D eigenvalue weighted by atomic mass is 10.0. The maximum atomic E-state index is 13.8. The Hall–Kier alpha value is -4.16. The molecule has 0 spiro atoms. The summed E-state index contributed by atoms with van der Waals surface area (Å²) < 4.78 is 27.6. The first-order valence-corrected chi connectivity index (χ1v) is 13.3. The number of carbonyl (C=O) groups is 3. The Labute approximate surface area is 238 Å². The Kier molecular flexibility index (Phi) is 13.0. The Morgan fingerprint density at radius 1 is 1.15 bits per heavy atom. The standard InChI is InChI=1S/C29H37F2N5O5/c1-5-8-11-22(25(37)12-9-10-18(4)29(40)41)34-28(39)24-16-23(33-26(7-3)36(24)35-31)27(38)32-17-19-13-14-21(30)20(6-2)15-19/h7-11,13-16,18,22,25,35,37H,5-6,12,17H2,1-4H3,(H,32,38)(H,34,39)(H,40,41)/b10-9+,11-8+,26-7-. The highest BCUT2D eigenvalue weighted by molar-refractivity contribution is 6.44. The molecule has 0 radical (unpaired) electrons. The smallest absolute Gasteiger partial charge is 0.310 e. The Balaban J connectivity index is 2.25. The fourth-order valence-corrected chi connectivity index (χ4v) is 3.80. The number of aryl methyl sites for hydroxylation is 1. The van der Waals surface area contributed by atoms with Crippen LogP contribution in [0.15, 0.2) is 71.2 Å². The van der Waals surface area contributed by atoms with Crippen molar-refractivity contribution in [2.24, 2.45) is 10.9 Å². The van der Waals surface area contributed by atoms with E-state index in [4.69, 9.17) is 5.11 Å². The summed E-state index contributed by atoms with van der Waals surface area (Å²) in [5.74, 6) is -3.62. The molecule has 3 atom stereocenters. The summed E-state index contributed by atoms with van der Waals surface area (Å²) in [6.07, 6.45) is 8.76. The minimum atomic E-state index is -1.13. The minimum absolute atomic E-state index is 0.0408. The van der Waals surface area contributed by atoms with Crippen LogP contribution in [0.3, 0.4) is 0 Å². The molecular formula is C29H37F2N5O5. The monoisotopic (exact) mass is 573 g/mol. The number of nitrogens with zero attached hydrogens (tertiary/aromatic N) is 2. The van der Waals surface area contributed by atoms with E-state index in [0.717, 1.165) is 11.1 Å². The van der Waals surface area contributed by atoms with Gasteiger partial charge >= 0.3 is 5.97 Å².